The van der Waals surface area contributed by atoms with Crippen molar-refractivity contribution in [2.75, 3.05) is 5.32 Å². The summed E-state index contributed by atoms with van der Waals surface area (Å²) >= 11 is 0. The van der Waals surface area contributed by atoms with Crippen LogP contribution in [0.4, 0.5) is 16.2 Å². The van der Waals surface area contributed by atoms with Crippen molar-refractivity contribution < 1.29 is 24.0 Å². The fraction of sp³-hybridized carbons (Fsp3) is 0.308. The van der Waals surface area contributed by atoms with Crippen LogP contribution >= 0.6 is 0 Å². The highest BCUT2D eigenvalue weighted by Crippen LogP contribution is 2.17. The van der Waals surface area contributed by atoms with Crippen molar-refractivity contribution in [1.82, 2.24) is 5.32 Å². The highest BCUT2D eigenvalue weighted by atomic mass is 16.6. The summed E-state index contributed by atoms with van der Waals surface area (Å²) in [5.41, 5.74) is 4.87. The van der Waals surface area contributed by atoms with Gasteiger partial charge in [0.05, 0.1) is 4.92 Å². The van der Waals surface area contributed by atoms with Crippen molar-refractivity contribution in [2.45, 2.75) is 26.0 Å². The molecular formula is C13H16N4O6. The number of nitrogens with one attached hydrogen (secondary N) is 2. The highest BCUT2D eigenvalue weighted by Gasteiger charge is 2.23. The minimum atomic E-state index is -1.17. The van der Waals surface area contributed by atoms with Crippen LogP contribution in [0.25, 0.3) is 0 Å². The number of benzene rings is 1. The molecule has 10 nitrogen and oxygen atoms in total. The zero-order chi connectivity index (χ0) is 17.6. The third-order valence-corrected chi connectivity index (χ3v) is 2.70. The summed E-state index contributed by atoms with van der Waals surface area (Å²) in [7, 11) is 0. The monoisotopic (exact) mass is 324 g/mol. The number of primary amides is 1. The van der Waals surface area contributed by atoms with Crippen LogP contribution in [0.15, 0.2) is 24.3 Å². The molecule has 0 aliphatic rings. The summed E-state index contributed by atoms with van der Waals surface area (Å²) in [6.45, 7) is 2.67. The van der Waals surface area contributed by atoms with Crippen LogP contribution in [0.1, 0.15) is 13.8 Å². The zero-order valence-electron chi connectivity index (χ0n) is 12.4. The van der Waals surface area contributed by atoms with Gasteiger partial charge in [-0.25, -0.2) is 9.59 Å². The van der Waals surface area contributed by atoms with Gasteiger partial charge in [-0.1, -0.05) is 6.07 Å². The maximum Gasteiger partial charge on any atom is 0.329 e. The van der Waals surface area contributed by atoms with Crippen molar-refractivity contribution >= 4 is 29.3 Å². The van der Waals surface area contributed by atoms with Gasteiger partial charge in [0.2, 0.25) is 0 Å². The molecule has 10 heteroatoms. The van der Waals surface area contributed by atoms with Crippen molar-refractivity contribution in [3.8, 4) is 0 Å². The van der Waals surface area contributed by atoms with Gasteiger partial charge in [0.1, 0.15) is 6.04 Å². The molecule has 1 aromatic rings. The lowest BCUT2D eigenvalue weighted by molar-refractivity contribution is -0.384. The van der Waals surface area contributed by atoms with Gasteiger partial charge in [-0.2, -0.15) is 0 Å². The molecule has 2 atom stereocenters. The van der Waals surface area contributed by atoms with Crippen molar-refractivity contribution in [3.05, 3.63) is 34.4 Å². The maximum absolute atomic E-state index is 11.9. The van der Waals surface area contributed by atoms with Gasteiger partial charge in [0, 0.05) is 17.8 Å². The van der Waals surface area contributed by atoms with E-state index in [1.54, 1.807) is 0 Å². The molecule has 0 bridgehead atoms. The minimum absolute atomic E-state index is 0.188. The number of carbonyl (C=O) groups excluding carboxylic acids is 3. The molecule has 0 saturated heterocycles. The van der Waals surface area contributed by atoms with Gasteiger partial charge >= 0.3 is 12.0 Å². The second-order valence-electron chi connectivity index (χ2n) is 4.61. The Kier molecular flexibility index (Phi) is 6.01. The van der Waals surface area contributed by atoms with Gasteiger partial charge in [-0.05, 0) is 19.9 Å². The number of rotatable bonds is 6. The van der Waals surface area contributed by atoms with E-state index in [-0.39, 0.29) is 11.4 Å². The zero-order valence-corrected chi connectivity index (χ0v) is 12.4. The third-order valence-electron chi connectivity index (χ3n) is 2.70. The van der Waals surface area contributed by atoms with E-state index in [2.05, 4.69) is 10.6 Å². The second kappa shape index (κ2) is 7.73. The number of hydrogen-bond donors (Lipinski definition) is 3. The lowest BCUT2D eigenvalue weighted by Gasteiger charge is -2.16. The molecule has 0 unspecified atom stereocenters. The van der Waals surface area contributed by atoms with E-state index >= 15 is 0 Å². The van der Waals surface area contributed by atoms with E-state index in [0.717, 1.165) is 0 Å². The van der Waals surface area contributed by atoms with Crippen molar-refractivity contribution in [3.63, 3.8) is 0 Å². The first-order valence-electron chi connectivity index (χ1n) is 6.52. The number of amides is 3. The molecule has 1 rings (SSSR count). The molecule has 0 aliphatic carbocycles. The molecule has 0 radical (unpaired) electrons. The van der Waals surface area contributed by atoms with Crippen LogP contribution in [0.5, 0.6) is 0 Å². The summed E-state index contributed by atoms with van der Waals surface area (Å²) < 4.78 is 4.87. The summed E-state index contributed by atoms with van der Waals surface area (Å²) in [5.74, 6) is -1.52. The Morgan fingerprint density at radius 1 is 1.30 bits per heavy atom. The average Bonchev–Trinajstić information content (AvgIpc) is 2.46. The molecule has 0 heterocycles. The van der Waals surface area contributed by atoms with Crippen LogP contribution in [-0.2, 0) is 14.3 Å². The minimum Gasteiger partial charge on any atom is -0.451 e. The first kappa shape index (κ1) is 17.9. The molecule has 0 fully saturated rings. The quantitative estimate of drug-likeness (QED) is 0.394. The number of non-ortho nitro benzene ring substituents is 1. The van der Waals surface area contributed by atoms with Crippen molar-refractivity contribution in [2.24, 2.45) is 5.73 Å². The predicted molar refractivity (Wildman–Crippen MR) is 79.5 cm³/mol. The largest absolute Gasteiger partial charge is 0.451 e. The summed E-state index contributed by atoms with van der Waals surface area (Å²) in [5, 5.41) is 15.2. The number of ether oxygens (including phenoxy) is 1. The Labute approximate surface area is 131 Å². The van der Waals surface area contributed by atoms with Gasteiger partial charge < -0.3 is 21.1 Å². The number of carbonyl (C=O) groups is 3. The smallest absolute Gasteiger partial charge is 0.329 e. The number of anilines is 1. The molecule has 0 aliphatic heterocycles. The molecule has 3 amide bonds. The SMILES string of the molecule is C[C@H](OC(=O)[C@@H](C)NC(N)=O)C(=O)Nc1cccc([N+](=O)[O-])c1. The van der Waals surface area contributed by atoms with Crippen LogP contribution in [0.3, 0.4) is 0 Å². The van der Waals surface area contributed by atoms with E-state index in [4.69, 9.17) is 10.5 Å². The predicted octanol–water partition coefficient (Wildman–Crippen LogP) is 0.522. The van der Waals surface area contributed by atoms with E-state index in [9.17, 15) is 24.5 Å². The van der Waals surface area contributed by atoms with Gasteiger partial charge in [-0.15, -0.1) is 0 Å². The molecule has 4 N–H and O–H groups in total. The Hall–Kier alpha value is -3.17. The number of nitrogens with zero attached hydrogens (tertiary/aromatic N) is 1. The Morgan fingerprint density at radius 2 is 1.96 bits per heavy atom. The highest BCUT2D eigenvalue weighted by molar-refractivity contribution is 5.95. The normalized spacial score (nSPS) is 12.6. The molecule has 0 saturated carbocycles. The molecule has 23 heavy (non-hydrogen) atoms. The standard InChI is InChI=1S/C13H16N4O6/c1-7(15-13(14)20)12(19)23-8(2)11(18)16-9-4-3-5-10(6-9)17(21)22/h3-8H,1-2H3,(H,16,18)(H3,14,15,20)/t7-,8+/m1/s1. The lowest BCUT2D eigenvalue weighted by atomic mass is 10.2. The third kappa shape index (κ3) is 5.61. The second-order valence-corrected chi connectivity index (χ2v) is 4.61. The van der Waals surface area contributed by atoms with E-state index in [0.29, 0.717) is 0 Å². The summed E-state index contributed by atoms with van der Waals surface area (Å²) in [6, 6.07) is 3.39. The average molecular weight is 324 g/mol. The molecular weight excluding hydrogens is 308 g/mol. The summed E-state index contributed by atoms with van der Waals surface area (Å²) in [6.07, 6.45) is -1.17. The fourth-order valence-electron chi connectivity index (χ4n) is 1.54. The summed E-state index contributed by atoms with van der Waals surface area (Å²) in [4.78, 5) is 44.2. The van der Waals surface area contributed by atoms with E-state index in [1.807, 2.05) is 0 Å². The number of nitro benzene ring substituents is 1. The van der Waals surface area contributed by atoms with Gasteiger partial charge in [-0.3, -0.25) is 14.9 Å². The van der Waals surface area contributed by atoms with Crippen molar-refractivity contribution in [1.29, 1.82) is 0 Å². The van der Waals surface area contributed by atoms with Crippen LogP contribution < -0.4 is 16.4 Å². The van der Waals surface area contributed by atoms with Gasteiger partial charge in [0.15, 0.2) is 6.10 Å². The van der Waals surface area contributed by atoms with Crippen LogP contribution in [0, 0.1) is 10.1 Å². The van der Waals surface area contributed by atoms with Crippen LogP contribution in [-0.4, -0.2) is 35.0 Å². The number of hydrogen-bond acceptors (Lipinski definition) is 6. The molecule has 0 aromatic heterocycles. The van der Waals surface area contributed by atoms with Gasteiger partial charge in [0.25, 0.3) is 11.6 Å². The number of nitro groups is 1. The fourth-order valence-corrected chi connectivity index (χ4v) is 1.54. The molecule has 0 spiro atoms. The lowest BCUT2D eigenvalue weighted by Crippen LogP contribution is -2.44. The van der Waals surface area contributed by atoms with Crippen LogP contribution in [0.2, 0.25) is 0 Å². The number of nitrogens with two attached hydrogens (primary N) is 1. The first-order chi connectivity index (χ1) is 10.7. The molecule has 1 aromatic carbocycles. The topological polar surface area (TPSA) is 154 Å². The Balaban J connectivity index is 2.63. The maximum atomic E-state index is 11.9. The number of urea groups is 1. The Bertz CT molecular complexity index is 633. The van der Waals surface area contributed by atoms with E-state index in [1.165, 1.54) is 38.1 Å². The first-order valence-corrected chi connectivity index (χ1v) is 6.52. The van der Waals surface area contributed by atoms with E-state index < -0.39 is 35.0 Å². The Morgan fingerprint density at radius 3 is 2.52 bits per heavy atom. The molecule has 124 valence electrons. The number of esters is 1.